The van der Waals surface area contributed by atoms with Gasteiger partial charge in [-0.25, -0.2) is 15.8 Å². The van der Waals surface area contributed by atoms with Crippen molar-refractivity contribution < 1.29 is 0 Å². The summed E-state index contributed by atoms with van der Waals surface area (Å²) in [6, 6.07) is 1.81. The Morgan fingerprint density at radius 3 is 2.53 bits per heavy atom. The predicted molar refractivity (Wildman–Crippen MR) is 62.6 cm³/mol. The minimum absolute atomic E-state index is 0.659. The second-order valence-corrected chi connectivity index (χ2v) is 3.38. The SMILES string of the molecule is CCCNc1cc(NN)nc(CCC)n1. The maximum absolute atomic E-state index is 5.34. The number of nitrogens with one attached hydrogen (secondary N) is 2. The molecule has 5 heteroatoms. The van der Waals surface area contributed by atoms with E-state index in [1.54, 1.807) is 0 Å². The van der Waals surface area contributed by atoms with Gasteiger partial charge in [-0.05, 0) is 12.8 Å². The number of hydrogen-bond acceptors (Lipinski definition) is 5. The van der Waals surface area contributed by atoms with Gasteiger partial charge in [0.1, 0.15) is 17.5 Å². The van der Waals surface area contributed by atoms with Crippen LogP contribution in [0.25, 0.3) is 0 Å². The Kier molecular flexibility index (Phi) is 4.83. The molecule has 1 rings (SSSR count). The molecule has 0 aliphatic heterocycles. The van der Waals surface area contributed by atoms with Gasteiger partial charge < -0.3 is 10.7 Å². The fourth-order valence-corrected chi connectivity index (χ4v) is 1.25. The van der Waals surface area contributed by atoms with Gasteiger partial charge in [0.15, 0.2) is 0 Å². The molecule has 1 heterocycles. The Hall–Kier alpha value is -1.36. The molecule has 0 fully saturated rings. The van der Waals surface area contributed by atoms with Crippen molar-refractivity contribution in [1.29, 1.82) is 0 Å². The van der Waals surface area contributed by atoms with Gasteiger partial charge in [0.05, 0.1) is 0 Å². The third-order valence-corrected chi connectivity index (χ3v) is 1.95. The zero-order valence-corrected chi connectivity index (χ0v) is 9.38. The third kappa shape index (κ3) is 3.71. The van der Waals surface area contributed by atoms with Crippen LogP contribution in [-0.4, -0.2) is 16.5 Å². The molecule has 5 nitrogen and oxygen atoms in total. The highest BCUT2D eigenvalue weighted by molar-refractivity contribution is 5.46. The van der Waals surface area contributed by atoms with E-state index in [4.69, 9.17) is 5.84 Å². The summed E-state index contributed by atoms with van der Waals surface area (Å²) in [5.41, 5.74) is 2.55. The highest BCUT2D eigenvalue weighted by atomic mass is 15.3. The molecule has 0 atom stereocenters. The van der Waals surface area contributed by atoms with Crippen molar-refractivity contribution in [3.8, 4) is 0 Å². The monoisotopic (exact) mass is 209 g/mol. The number of nitrogens with zero attached hydrogens (tertiary/aromatic N) is 2. The lowest BCUT2D eigenvalue weighted by Gasteiger charge is -2.08. The largest absolute Gasteiger partial charge is 0.370 e. The smallest absolute Gasteiger partial charge is 0.145 e. The minimum Gasteiger partial charge on any atom is -0.370 e. The second-order valence-electron chi connectivity index (χ2n) is 3.38. The van der Waals surface area contributed by atoms with Crippen molar-refractivity contribution in [2.75, 3.05) is 17.3 Å². The van der Waals surface area contributed by atoms with E-state index in [2.05, 4.69) is 34.6 Å². The number of hydrogen-bond donors (Lipinski definition) is 3. The second kappa shape index (κ2) is 6.19. The van der Waals surface area contributed by atoms with E-state index in [9.17, 15) is 0 Å². The molecule has 0 spiro atoms. The number of rotatable bonds is 6. The van der Waals surface area contributed by atoms with Crippen LogP contribution >= 0.6 is 0 Å². The van der Waals surface area contributed by atoms with E-state index in [-0.39, 0.29) is 0 Å². The van der Waals surface area contributed by atoms with Crippen molar-refractivity contribution in [3.05, 3.63) is 11.9 Å². The van der Waals surface area contributed by atoms with Gasteiger partial charge in [-0.15, -0.1) is 0 Å². The maximum atomic E-state index is 5.34. The minimum atomic E-state index is 0.659. The highest BCUT2D eigenvalue weighted by Crippen LogP contribution is 2.11. The molecule has 1 aromatic rings. The number of nitrogens with two attached hydrogens (primary N) is 1. The summed E-state index contributed by atoms with van der Waals surface area (Å²) in [6.07, 6.45) is 2.97. The molecule has 4 N–H and O–H groups in total. The van der Waals surface area contributed by atoms with E-state index in [1.807, 2.05) is 6.07 Å². The topological polar surface area (TPSA) is 75.9 Å². The van der Waals surface area contributed by atoms with E-state index in [0.717, 1.165) is 37.4 Å². The Morgan fingerprint density at radius 1 is 1.20 bits per heavy atom. The summed E-state index contributed by atoms with van der Waals surface area (Å²) in [6.45, 7) is 5.13. The van der Waals surface area contributed by atoms with E-state index in [0.29, 0.717) is 5.82 Å². The van der Waals surface area contributed by atoms with Crippen LogP contribution in [0.15, 0.2) is 6.07 Å². The average Bonchev–Trinajstić information content (AvgIpc) is 2.26. The van der Waals surface area contributed by atoms with E-state index >= 15 is 0 Å². The Bertz CT molecular complexity index is 300. The molecule has 0 aliphatic carbocycles. The van der Waals surface area contributed by atoms with Crippen LogP contribution in [0.5, 0.6) is 0 Å². The normalized spacial score (nSPS) is 10.1. The number of anilines is 2. The number of nitrogen functional groups attached to an aromatic ring is 1. The van der Waals surface area contributed by atoms with Gasteiger partial charge in [-0.1, -0.05) is 13.8 Å². The van der Waals surface area contributed by atoms with Gasteiger partial charge in [-0.2, -0.15) is 0 Å². The van der Waals surface area contributed by atoms with Crippen molar-refractivity contribution in [3.63, 3.8) is 0 Å². The number of hydrazine groups is 1. The molecule has 0 amide bonds. The van der Waals surface area contributed by atoms with E-state index in [1.165, 1.54) is 0 Å². The Morgan fingerprint density at radius 2 is 1.93 bits per heavy atom. The molecule has 0 radical (unpaired) electrons. The van der Waals surface area contributed by atoms with Crippen LogP contribution in [0.1, 0.15) is 32.5 Å². The fraction of sp³-hybridized carbons (Fsp3) is 0.600. The fourth-order valence-electron chi connectivity index (χ4n) is 1.25. The highest BCUT2D eigenvalue weighted by Gasteiger charge is 2.02. The van der Waals surface area contributed by atoms with Crippen molar-refractivity contribution in [2.45, 2.75) is 33.1 Å². The molecule has 0 aliphatic rings. The van der Waals surface area contributed by atoms with E-state index < -0.39 is 0 Å². The summed E-state index contributed by atoms with van der Waals surface area (Å²) >= 11 is 0. The predicted octanol–water partition coefficient (Wildman–Crippen LogP) is 1.54. The quantitative estimate of drug-likeness (QED) is 0.489. The summed E-state index contributed by atoms with van der Waals surface area (Å²) in [4.78, 5) is 8.65. The first kappa shape index (κ1) is 11.7. The standard InChI is InChI=1S/C10H19N5/c1-3-5-8-13-9(12-6-4-2)7-10(14-8)15-11/h7H,3-6,11H2,1-2H3,(H2,12,13,14,15). The van der Waals surface area contributed by atoms with Gasteiger partial charge >= 0.3 is 0 Å². The molecular formula is C10H19N5. The zero-order valence-electron chi connectivity index (χ0n) is 9.38. The zero-order chi connectivity index (χ0) is 11.1. The summed E-state index contributed by atoms with van der Waals surface area (Å²) < 4.78 is 0. The van der Waals surface area contributed by atoms with Gasteiger partial charge in [0.25, 0.3) is 0 Å². The van der Waals surface area contributed by atoms with Crippen LogP contribution < -0.4 is 16.6 Å². The lowest BCUT2D eigenvalue weighted by Crippen LogP contribution is -2.12. The summed E-state index contributed by atoms with van der Waals surface area (Å²) in [7, 11) is 0. The summed E-state index contributed by atoms with van der Waals surface area (Å²) in [5.74, 6) is 7.67. The molecule has 0 saturated carbocycles. The lowest BCUT2D eigenvalue weighted by molar-refractivity contribution is 0.832. The molecule has 0 bridgehead atoms. The molecule has 0 unspecified atom stereocenters. The van der Waals surface area contributed by atoms with Crippen LogP contribution in [0.3, 0.4) is 0 Å². The molecule has 0 saturated heterocycles. The van der Waals surface area contributed by atoms with Crippen molar-refractivity contribution in [1.82, 2.24) is 9.97 Å². The van der Waals surface area contributed by atoms with Gasteiger partial charge in [0.2, 0.25) is 0 Å². The number of aromatic nitrogens is 2. The maximum Gasteiger partial charge on any atom is 0.145 e. The first-order chi connectivity index (χ1) is 7.30. The van der Waals surface area contributed by atoms with Crippen LogP contribution in [0.4, 0.5) is 11.6 Å². The van der Waals surface area contributed by atoms with Crippen LogP contribution in [-0.2, 0) is 6.42 Å². The van der Waals surface area contributed by atoms with Crippen molar-refractivity contribution in [2.24, 2.45) is 5.84 Å². The molecule has 0 aromatic carbocycles. The number of aryl methyl sites for hydroxylation is 1. The molecule has 15 heavy (non-hydrogen) atoms. The Balaban J connectivity index is 2.79. The van der Waals surface area contributed by atoms with Crippen molar-refractivity contribution >= 4 is 11.6 Å². The van der Waals surface area contributed by atoms with Crippen LogP contribution in [0, 0.1) is 0 Å². The third-order valence-electron chi connectivity index (χ3n) is 1.95. The molecular weight excluding hydrogens is 190 g/mol. The molecule has 1 aromatic heterocycles. The average molecular weight is 209 g/mol. The van der Waals surface area contributed by atoms with Crippen LogP contribution in [0.2, 0.25) is 0 Å². The lowest BCUT2D eigenvalue weighted by atomic mass is 10.3. The Labute approximate surface area is 90.5 Å². The summed E-state index contributed by atoms with van der Waals surface area (Å²) in [5, 5.41) is 3.22. The van der Waals surface area contributed by atoms with Gasteiger partial charge in [-0.3, -0.25) is 0 Å². The molecule has 84 valence electrons. The first-order valence-electron chi connectivity index (χ1n) is 5.38. The van der Waals surface area contributed by atoms with Gasteiger partial charge in [0, 0.05) is 19.0 Å². The first-order valence-corrected chi connectivity index (χ1v) is 5.38.